The lowest BCUT2D eigenvalue weighted by atomic mass is 9.90. The lowest BCUT2D eigenvalue weighted by molar-refractivity contribution is 0.101. The van der Waals surface area contributed by atoms with Gasteiger partial charge in [0, 0.05) is 18.0 Å². The van der Waals surface area contributed by atoms with E-state index >= 15 is 0 Å². The van der Waals surface area contributed by atoms with Crippen LogP contribution in [0.1, 0.15) is 48.2 Å². The lowest BCUT2D eigenvalue weighted by Gasteiger charge is -2.22. The van der Waals surface area contributed by atoms with E-state index in [1.807, 2.05) is 35.9 Å². The predicted molar refractivity (Wildman–Crippen MR) is 127 cm³/mol. The molecule has 172 valence electrons. The molecular formula is C25H25N7O2. The highest BCUT2D eigenvalue weighted by molar-refractivity contribution is 6.08. The van der Waals surface area contributed by atoms with Crippen LogP contribution in [0.2, 0.25) is 0 Å². The van der Waals surface area contributed by atoms with Crippen LogP contribution in [0.15, 0.2) is 42.5 Å². The summed E-state index contributed by atoms with van der Waals surface area (Å²) in [5, 5.41) is 27.1. The molecule has 5 rings (SSSR count). The summed E-state index contributed by atoms with van der Waals surface area (Å²) < 4.78 is 8.09. The van der Waals surface area contributed by atoms with Crippen LogP contribution in [-0.2, 0) is 7.05 Å². The SMILES string of the molecule is Cn1c(C(=O)Nc2ccc(C#N)cc2-c2nn[nH]n2)cc2cccc(OCC3CCCCC3)c21. The molecule has 0 saturated heterocycles. The molecule has 9 heteroatoms. The molecule has 0 unspecified atom stereocenters. The number of carbonyl (C=O) groups is 1. The molecule has 2 aromatic carbocycles. The van der Waals surface area contributed by atoms with Crippen LogP contribution in [0.5, 0.6) is 5.75 Å². The summed E-state index contributed by atoms with van der Waals surface area (Å²) in [5.41, 5.74) is 2.82. The minimum atomic E-state index is -0.286. The van der Waals surface area contributed by atoms with Gasteiger partial charge in [-0.25, -0.2) is 0 Å². The topological polar surface area (TPSA) is 122 Å². The van der Waals surface area contributed by atoms with E-state index < -0.39 is 0 Å². The van der Waals surface area contributed by atoms with Gasteiger partial charge >= 0.3 is 0 Å². The summed E-state index contributed by atoms with van der Waals surface area (Å²) in [5.74, 6) is 1.39. The van der Waals surface area contributed by atoms with Gasteiger partial charge in [0.2, 0.25) is 5.82 Å². The van der Waals surface area contributed by atoms with Gasteiger partial charge in [-0.1, -0.05) is 31.4 Å². The molecule has 0 radical (unpaired) electrons. The fourth-order valence-corrected chi connectivity index (χ4v) is 4.65. The van der Waals surface area contributed by atoms with Crippen LogP contribution in [0.4, 0.5) is 5.69 Å². The molecule has 1 aliphatic rings. The van der Waals surface area contributed by atoms with Gasteiger partial charge in [-0.2, -0.15) is 10.5 Å². The highest BCUT2D eigenvalue weighted by Gasteiger charge is 2.20. The molecule has 1 aliphatic carbocycles. The van der Waals surface area contributed by atoms with Crippen LogP contribution in [0.25, 0.3) is 22.3 Å². The largest absolute Gasteiger partial charge is 0.491 e. The van der Waals surface area contributed by atoms with E-state index in [0.717, 1.165) is 16.7 Å². The third-order valence-corrected chi connectivity index (χ3v) is 6.43. The van der Waals surface area contributed by atoms with E-state index in [2.05, 4.69) is 32.0 Å². The number of aromatic nitrogens is 5. The highest BCUT2D eigenvalue weighted by atomic mass is 16.5. The molecule has 0 aliphatic heterocycles. The van der Waals surface area contributed by atoms with E-state index in [0.29, 0.717) is 40.9 Å². The van der Waals surface area contributed by atoms with Crippen molar-refractivity contribution in [3.8, 4) is 23.2 Å². The summed E-state index contributed by atoms with van der Waals surface area (Å²) >= 11 is 0. The predicted octanol–water partition coefficient (Wildman–Crippen LogP) is 4.44. The van der Waals surface area contributed by atoms with Crippen molar-refractivity contribution in [3.05, 3.63) is 53.7 Å². The molecule has 1 fully saturated rings. The fourth-order valence-electron chi connectivity index (χ4n) is 4.65. The molecule has 2 aromatic heterocycles. The molecule has 34 heavy (non-hydrogen) atoms. The summed E-state index contributed by atoms with van der Waals surface area (Å²) in [7, 11) is 1.86. The van der Waals surface area contributed by atoms with Crippen LogP contribution in [0, 0.1) is 17.2 Å². The smallest absolute Gasteiger partial charge is 0.272 e. The van der Waals surface area contributed by atoms with E-state index in [1.54, 1.807) is 18.2 Å². The van der Waals surface area contributed by atoms with Crippen LogP contribution >= 0.6 is 0 Å². The maximum atomic E-state index is 13.3. The zero-order valence-corrected chi connectivity index (χ0v) is 18.9. The highest BCUT2D eigenvalue weighted by Crippen LogP contribution is 2.32. The first-order valence-electron chi connectivity index (χ1n) is 11.4. The Balaban J connectivity index is 1.42. The number of anilines is 1. The van der Waals surface area contributed by atoms with Gasteiger partial charge in [-0.3, -0.25) is 4.79 Å². The summed E-state index contributed by atoms with van der Waals surface area (Å²) in [6.45, 7) is 0.700. The minimum Gasteiger partial charge on any atom is -0.491 e. The number of aryl methyl sites for hydroxylation is 1. The minimum absolute atomic E-state index is 0.286. The quantitative estimate of drug-likeness (QED) is 0.443. The third-order valence-electron chi connectivity index (χ3n) is 6.43. The summed E-state index contributed by atoms with van der Waals surface area (Å²) in [6, 6.07) is 14.8. The van der Waals surface area contributed by atoms with Gasteiger partial charge in [0.05, 0.1) is 29.4 Å². The van der Waals surface area contributed by atoms with Crippen molar-refractivity contribution in [2.24, 2.45) is 13.0 Å². The monoisotopic (exact) mass is 455 g/mol. The number of amides is 1. The summed E-state index contributed by atoms with van der Waals surface area (Å²) in [6.07, 6.45) is 6.28. The first-order chi connectivity index (χ1) is 16.6. The molecule has 1 amide bonds. The molecular weight excluding hydrogens is 430 g/mol. The number of nitriles is 1. The standard InChI is InChI=1S/C25H25N7O2/c1-32-21(13-18-8-5-9-22(23(18)32)34-15-16-6-3-2-4-7-16)25(33)27-20-11-10-17(14-26)12-19(20)24-28-30-31-29-24/h5,8-13,16H,2-4,6-7,15H2,1H3,(H,27,33)(H,28,29,30,31). The molecule has 0 atom stereocenters. The Morgan fingerprint density at radius 3 is 2.85 bits per heavy atom. The van der Waals surface area contributed by atoms with Gasteiger partial charge in [0.25, 0.3) is 5.91 Å². The van der Waals surface area contributed by atoms with Gasteiger partial charge in [-0.05, 0) is 54.3 Å². The van der Waals surface area contributed by atoms with Gasteiger partial charge in [0.1, 0.15) is 11.4 Å². The zero-order chi connectivity index (χ0) is 23.5. The number of ether oxygens (including phenoxy) is 1. The summed E-state index contributed by atoms with van der Waals surface area (Å²) in [4.78, 5) is 13.3. The van der Waals surface area contributed by atoms with E-state index in [1.165, 1.54) is 32.1 Å². The van der Waals surface area contributed by atoms with E-state index in [-0.39, 0.29) is 5.91 Å². The van der Waals surface area contributed by atoms with Crippen molar-refractivity contribution >= 4 is 22.5 Å². The lowest BCUT2D eigenvalue weighted by Crippen LogP contribution is -2.17. The average molecular weight is 456 g/mol. The van der Waals surface area contributed by atoms with Crippen LogP contribution in [-0.4, -0.2) is 37.7 Å². The van der Waals surface area contributed by atoms with Crippen LogP contribution in [0.3, 0.4) is 0 Å². The number of rotatable bonds is 6. The second-order valence-corrected chi connectivity index (χ2v) is 8.66. The number of para-hydroxylation sites is 1. The normalized spacial score (nSPS) is 14.1. The molecule has 2 N–H and O–H groups in total. The number of hydrogen-bond donors (Lipinski definition) is 2. The number of benzene rings is 2. The van der Waals surface area contributed by atoms with Crippen molar-refractivity contribution < 1.29 is 9.53 Å². The maximum Gasteiger partial charge on any atom is 0.272 e. The van der Waals surface area contributed by atoms with Gasteiger partial charge in [-0.15, -0.1) is 10.2 Å². The zero-order valence-electron chi connectivity index (χ0n) is 18.9. The van der Waals surface area contributed by atoms with E-state index in [4.69, 9.17) is 4.74 Å². The molecule has 9 nitrogen and oxygen atoms in total. The molecule has 1 saturated carbocycles. The Hall–Kier alpha value is -4.19. The number of nitrogens with one attached hydrogen (secondary N) is 2. The average Bonchev–Trinajstić information content (AvgIpc) is 3.52. The second kappa shape index (κ2) is 9.35. The van der Waals surface area contributed by atoms with E-state index in [9.17, 15) is 10.1 Å². The first-order valence-corrected chi connectivity index (χ1v) is 11.4. The number of fused-ring (bicyclic) bond motifs is 1. The Morgan fingerprint density at radius 2 is 2.09 bits per heavy atom. The molecule has 2 heterocycles. The number of H-pyrrole nitrogens is 1. The molecule has 4 aromatic rings. The fraction of sp³-hybridized carbons (Fsp3) is 0.320. The number of aromatic amines is 1. The van der Waals surface area contributed by atoms with Gasteiger partial charge in [0.15, 0.2) is 0 Å². The van der Waals surface area contributed by atoms with Crippen molar-refractivity contribution in [2.45, 2.75) is 32.1 Å². The molecule has 0 bridgehead atoms. The van der Waals surface area contributed by atoms with Crippen molar-refractivity contribution in [3.63, 3.8) is 0 Å². The van der Waals surface area contributed by atoms with Crippen molar-refractivity contribution in [1.29, 1.82) is 5.26 Å². The number of hydrogen-bond acceptors (Lipinski definition) is 6. The van der Waals surface area contributed by atoms with Gasteiger partial charge < -0.3 is 14.6 Å². The van der Waals surface area contributed by atoms with Crippen LogP contribution < -0.4 is 10.1 Å². The molecule has 0 spiro atoms. The third kappa shape index (κ3) is 4.22. The Labute approximate surface area is 196 Å². The number of tetrazole rings is 1. The first kappa shape index (κ1) is 21.6. The second-order valence-electron chi connectivity index (χ2n) is 8.66. The van der Waals surface area contributed by atoms with Crippen molar-refractivity contribution in [1.82, 2.24) is 25.2 Å². The number of carbonyl (C=O) groups excluding carboxylic acids is 1. The Kier molecular flexibility index (Phi) is 5.95. The number of nitrogens with zero attached hydrogens (tertiary/aromatic N) is 5. The maximum absolute atomic E-state index is 13.3. The van der Waals surface area contributed by atoms with Crippen molar-refractivity contribution in [2.75, 3.05) is 11.9 Å². The Morgan fingerprint density at radius 1 is 1.24 bits per heavy atom. The Bertz CT molecular complexity index is 1360.